The first kappa shape index (κ1) is 13.7. The van der Waals surface area contributed by atoms with Gasteiger partial charge in [-0.05, 0) is 36.7 Å². The van der Waals surface area contributed by atoms with Gasteiger partial charge >= 0.3 is 0 Å². The van der Waals surface area contributed by atoms with Crippen molar-refractivity contribution in [3.63, 3.8) is 0 Å². The number of hydrogen-bond donors (Lipinski definition) is 1. The summed E-state index contributed by atoms with van der Waals surface area (Å²) >= 11 is 6.38. The van der Waals surface area contributed by atoms with Crippen LogP contribution in [0.4, 0.5) is 0 Å². The van der Waals surface area contributed by atoms with Crippen molar-refractivity contribution in [2.75, 3.05) is 13.2 Å². The molecule has 1 aromatic rings. The molecule has 1 aliphatic heterocycles. The van der Waals surface area contributed by atoms with Crippen LogP contribution in [0.3, 0.4) is 0 Å². The van der Waals surface area contributed by atoms with Crippen molar-refractivity contribution in [3.8, 4) is 11.5 Å². The van der Waals surface area contributed by atoms with Crippen molar-refractivity contribution in [3.05, 3.63) is 22.7 Å². The summed E-state index contributed by atoms with van der Waals surface area (Å²) in [6.45, 7) is 1.30. The molecule has 0 spiro atoms. The highest BCUT2D eigenvalue weighted by Crippen LogP contribution is 2.61. The van der Waals surface area contributed by atoms with Crippen molar-refractivity contribution < 1.29 is 14.6 Å². The molecule has 0 amide bonds. The van der Waals surface area contributed by atoms with E-state index in [1.54, 1.807) is 6.07 Å². The van der Waals surface area contributed by atoms with Gasteiger partial charge in [0.25, 0.3) is 0 Å². The van der Waals surface area contributed by atoms with Crippen LogP contribution in [-0.2, 0) is 0 Å². The quantitative estimate of drug-likeness (QED) is 0.898. The third kappa shape index (κ3) is 2.40. The van der Waals surface area contributed by atoms with Crippen molar-refractivity contribution in [2.45, 2.75) is 38.2 Å². The molecule has 0 aromatic heterocycles. The van der Waals surface area contributed by atoms with E-state index in [9.17, 15) is 5.11 Å². The zero-order chi connectivity index (χ0) is 14.4. The van der Waals surface area contributed by atoms with Crippen LogP contribution in [0.25, 0.3) is 0 Å². The lowest BCUT2D eigenvalue weighted by molar-refractivity contribution is 0.142. The number of hydrogen-bond acceptors (Lipinski definition) is 3. The first-order valence-corrected chi connectivity index (χ1v) is 8.40. The topological polar surface area (TPSA) is 38.7 Å². The number of halogens is 1. The monoisotopic (exact) mass is 308 g/mol. The summed E-state index contributed by atoms with van der Waals surface area (Å²) < 4.78 is 11.4. The summed E-state index contributed by atoms with van der Waals surface area (Å²) in [5.74, 6) is 3.19. The average molecular weight is 309 g/mol. The molecule has 1 heterocycles. The van der Waals surface area contributed by atoms with Crippen LogP contribution >= 0.6 is 11.6 Å². The fraction of sp³-hybridized carbons (Fsp3) is 0.647. The van der Waals surface area contributed by atoms with Gasteiger partial charge in [-0.2, -0.15) is 0 Å². The molecule has 114 valence electrons. The molecule has 0 bridgehead atoms. The van der Waals surface area contributed by atoms with Crippen molar-refractivity contribution >= 4 is 11.6 Å². The summed E-state index contributed by atoms with van der Waals surface area (Å²) in [6.07, 6.45) is 5.53. The van der Waals surface area contributed by atoms with Crippen molar-refractivity contribution in [2.24, 2.45) is 17.8 Å². The van der Waals surface area contributed by atoms with Gasteiger partial charge in [-0.1, -0.05) is 24.4 Å². The second kappa shape index (κ2) is 5.36. The van der Waals surface area contributed by atoms with Crippen molar-refractivity contribution in [1.29, 1.82) is 0 Å². The number of aliphatic hydroxyl groups is 1. The molecule has 2 fully saturated rings. The lowest BCUT2D eigenvalue weighted by atomic mass is 10.0. The standard InChI is InChI=1S/C17H21ClO3/c18-13-9-15-14(20-6-3-7-21-15)8-12(13)17(19)16-10-4-1-2-5-11(10)16/h8-11,16-17,19H,1-7H2. The van der Waals surface area contributed by atoms with Gasteiger partial charge in [0.05, 0.1) is 24.3 Å². The Bertz CT molecular complexity index is 533. The zero-order valence-corrected chi connectivity index (χ0v) is 12.8. The molecule has 3 atom stereocenters. The third-order valence-electron chi connectivity index (χ3n) is 5.27. The zero-order valence-electron chi connectivity index (χ0n) is 12.1. The van der Waals surface area contributed by atoms with E-state index in [4.69, 9.17) is 21.1 Å². The first-order valence-electron chi connectivity index (χ1n) is 8.03. The van der Waals surface area contributed by atoms with Gasteiger partial charge in [0.15, 0.2) is 11.5 Å². The number of rotatable bonds is 2. The minimum atomic E-state index is -0.470. The molecule has 4 heteroatoms. The van der Waals surface area contributed by atoms with E-state index < -0.39 is 6.10 Å². The van der Waals surface area contributed by atoms with Crippen LogP contribution < -0.4 is 9.47 Å². The summed E-state index contributed by atoms with van der Waals surface area (Å²) in [5, 5.41) is 11.4. The molecule has 0 radical (unpaired) electrons. The Morgan fingerprint density at radius 3 is 2.29 bits per heavy atom. The van der Waals surface area contributed by atoms with Crippen LogP contribution in [0.2, 0.25) is 5.02 Å². The Labute approximate surface area is 130 Å². The van der Waals surface area contributed by atoms with Crippen LogP contribution in [-0.4, -0.2) is 18.3 Å². The minimum absolute atomic E-state index is 0.384. The lowest BCUT2D eigenvalue weighted by Crippen LogP contribution is -2.04. The van der Waals surface area contributed by atoms with E-state index in [-0.39, 0.29) is 0 Å². The molecule has 3 unspecified atom stereocenters. The number of benzene rings is 1. The molecule has 2 aliphatic carbocycles. The largest absolute Gasteiger partial charge is 0.490 e. The van der Waals surface area contributed by atoms with Crippen molar-refractivity contribution in [1.82, 2.24) is 0 Å². The first-order chi connectivity index (χ1) is 10.3. The Hall–Kier alpha value is -0.930. The van der Waals surface area contributed by atoms with E-state index in [1.807, 2.05) is 6.07 Å². The van der Waals surface area contributed by atoms with E-state index in [0.29, 0.717) is 41.7 Å². The Morgan fingerprint density at radius 1 is 1.00 bits per heavy atom. The average Bonchev–Trinajstić information content (AvgIpc) is 3.25. The summed E-state index contributed by atoms with van der Waals surface area (Å²) in [5.41, 5.74) is 0.806. The maximum absolute atomic E-state index is 10.8. The summed E-state index contributed by atoms with van der Waals surface area (Å²) in [6, 6.07) is 3.69. The Kier molecular flexibility index (Phi) is 3.50. The smallest absolute Gasteiger partial charge is 0.162 e. The summed E-state index contributed by atoms with van der Waals surface area (Å²) in [4.78, 5) is 0. The van der Waals surface area contributed by atoms with Gasteiger partial charge in [0, 0.05) is 18.1 Å². The van der Waals surface area contributed by atoms with E-state index in [2.05, 4.69) is 0 Å². The Balaban J connectivity index is 1.61. The van der Waals surface area contributed by atoms with Crippen LogP contribution in [0, 0.1) is 17.8 Å². The SMILES string of the molecule is OC(c1cc2c(cc1Cl)OCCCO2)C1C2CCCCC21. The second-order valence-corrected chi connectivity index (χ2v) is 6.91. The highest BCUT2D eigenvalue weighted by Gasteiger charge is 2.54. The molecular weight excluding hydrogens is 288 g/mol. The van der Waals surface area contributed by atoms with Crippen LogP contribution in [0.5, 0.6) is 11.5 Å². The van der Waals surface area contributed by atoms with Gasteiger partial charge < -0.3 is 14.6 Å². The predicted molar refractivity (Wildman–Crippen MR) is 81.0 cm³/mol. The van der Waals surface area contributed by atoms with E-state index in [1.165, 1.54) is 25.7 Å². The molecule has 1 N–H and O–H groups in total. The molecule has 1 aromatic carbocycles. The number of aliphatic hydroxyl groups excluding tert-OH is 1. The molecule has 0 saturated heterocycles. The van der Waals surface area contributed by atoms with Gasteiger partial charge in [0.2, 0.25) is 0 Å². The Morgan fingerprint density at radius 2 is 1.62 bits per heavy atom. The molecule has 21 heavy (non-hydrogen) atoms. The highest BCUT2D eigenvalue weighted by molar-refractivity contribution is 6.31. The minimum Gasteiger partial charge on any atom is -0.490 e. The molecule has 4 rings (SSSR count). The molecular formula is C17H21ClO3. The van der Waals surface area contributed by atoms with Crippen LogP contribution in [0.1, 0.15) is 43.8 Å². The molecule has 2 saturated carbocycles. The third-order valence-corrected chi connectivity index (χ3v) is 5.60. The maximum atomic E-state index is 10.8. The van der Waals surface area contributed by atoms with E-state index in [0.717, 1.165) is 17.7 Å². The van der Waals surface area contributed by atoms with Crippen LogP contribution in [0.15, 0.2) is 12.1 Å². The fourth-order valence-electron chi connectivity index (χ4n) is 4.15. The highest BCUT2D eigenvalue weighted by atomic mass is 35.5. The number of fused-ring (bicyclic) bond motifs is 2. The summed E-state index contributed by atoms with van der Waals surface area (Å²) in [7, 11) is 0. The van der Waals surface area contributed by atoms with Gasteiger partial charge in [-0.25, -0.2) is 0 Å². The van der Waals surface area contributed by atoms with E-state index >= 15 is 0 Å². The normalized spacial score (nSPS) is 32.0. The van der Waals surface area contributed by atoms with Gasteiger partial charge in [0.1, 0.15) is 0 Å². The fourth-order valence-corrected chi connectivity index (χ4v) is 4.42. The second-order valence-electron chi connectivity index (χ2n) is 6.51. The number of ether oxygens (including phenoxy) is 2. The van der Waals surface area contributed by atoms with Gasteiger partial charge in [-0.15, -0.1) is 0 Å². The lowest BCUT2D eigenvalue weighted by Gasteiger charge is -2.16. The predicted octanol–water partition coefficient (Wildman–Crippen LogP) is 3.97. The maximum Gasteiger partial charge on any atom is 0.162 e. The molecule has 3 nitrogen and oxygen atoms in total. The van der Waals surface area contributed by atoms with Gasteiger partial charge in [-0.3, -0.25) is 0 Å². The molecule has 3 aliphatic rings.